The van der Waals surface area contributed by atoms with Crippen LogP contribution in [0.25, 0.3) is 16.7 Å². The van der Waals surface area contributed by atoms with Gasteiger partial charge in [0.15, 0.2) is 5.65 Å². The summed E-state index contributed by atoms with van der Waals surface area (Å²) in [5.41, 5.74) is 1.77. The highest BCUT2D eigenvalue weighted by Crippen LogP contribution is 2.25. The Morgan fingerprint density at radius 1 is 1.07 bits per heavy atom. The number of fused-ring (bicyclic) bond motifs is 1. The molecule has 0 unspecified atom stereocenters. The van der Waals surface area contributed by atoms with Gasteiger partial charge in [-0.25, -0.2) is 14.6 Å². The summed E-state index contributed by atoms with van der Waals surface area (Å²) in [7, 11) is 0. The van der Waals surface area contributed by atoms with E-state index in [-0.39, 0.29) is 5.91 Å². The smallest absolute Gasteiger partial charge is 0.222 e. The monoisotopic (exact) mass is 378 g/mol. The van der Waals surface area contributed by atoms with E-state index in [4.69, 9.17) is 0 Å². The lowest BCUT2D eigenvalue weighted by molar-refractivity contribution is -0.131. The van der Waals surface area contributed by atoms with Gasteiger partial charge in [-0.05, 0) is 24.5 Å². The number of nitrogens with zero attached hydrogens (tertiary/aromatic N) is 6. The second kappa shape index (κ2) is 7.96. The number of anilines is 1. The van der Waals surface area contributed by atoms with E-state index in [1.54, 1.807) is 6.33 Å². The van der Waals surface area contributed by atoms with E-state index < -0.39 is 0 Å². The van der Waals surface area contributed by atoms with Gasteiger partial charge in [0.05, 0.1) is 17.3 Å². The number of rotatable bonds is 5. The molecule has 7 heteroatoms. The van der Waals surface area contributed by atoms with Crippen molar-refractivity contribution in [2.45, 2.75) is 26.7 Å². The molecule has 1 saturated heterocycles. The van der Waals surface area contributed by atoms with Crippen LogP contribution in [0.15, 0.2) is 42.9 Å². The highest BCUT2D eigenvalue weighted by molar-refractivity contribution is 5.88. The van der Waals surface area contributed by atoms with E-state index in [0.29, 0.717) is 12.3 Å². The van der Waals surface area contributed by atoms with Gasteiger partial charge in [-0.2, -0.15) is 5.10 Å². The van der Waals surface area contributed by atoms with Gasteiger partial charge < -0.3 is 9.80 Å². The Labute approximate surface area is 165 Å². The first-order valence-electron chi connectivity index (χ1n) is 9.90. The van der Waals surface area contributed by atoms with Crippen LogP contribution in [0, 0.1) is 5.92 Å². The van der Waals surface area contributed by atoms with E-state index in [1.807, 2.05) is 46.1 Å². The number of piperazine rings is 1. The van der Waals surface area contributed by atoms with Crippen molar-refractivity contribution in [1.29, 1.82) is 0 Å². The molecule has 2 aromatic heterocycles. The molecule has 0 saturated carbocycles. The molecule has 1 fully saturated rings. The van der Waals surface area contributed by atoms with Gasteiger partial charge in [0.2, 0.25) is 5.91 Å². The predicted molar refractivity (Wildman–Crippen MR) is 110 cm³/mol. The maximum absolute atomic E-state index is 12.4. The zero-order valence-corrected chi connectivity index (χ0v) is 16.5. The zero-order valence-electron chi connectivity index (χ0n) is 16.5. The molecule has 4 rings (SSSR count). The lowest BCUT2D eigenvalue weighted by Crippen LogP contribution is -2.49. The SMILES string of the molecule is CC(C)CCC(=O)N1CCN(c2ncnc3c2cnn3-c2ccccc2)CC1. The average molecular weight is 378 g/mol. The molecule has 0 N–H and O–H groups in total. The van der Waals surface area contributed by atoms with Crippen LogP contribution in [0.3, 0.4) is 0 Å². The third kappa shape index (κ3) is 3.69. The number of carbonyl (C=O) groups is 1. The summed E-state index contributed by atoms with van der Waals surface area (Å²) in [6, 6.07) is 9.98. The number of aromatic nitrogens is 4. The number of benzene rings is 1. The van der Waals surface area contributed by atoms with Crippen molar-refractivity contribution in [2.75, 3.05) is 31.1 Å². The lowest BCUT2D eigenvalue weighted by atomic mass is 10.1. The van der Waals surface area contributed by atoms with Gasteiger partial charge in [0.25, 0.3) is 0 Å². The van der Waals surface area contributed by atoms with Gasteiger partial charge in [-0.1, -0.05) is 32.0 Å². The number of hydrogen-bond acceptors (Lipinski definition) is 5. The number of carbonyl (C=O) groups excluding carboxylic acids is 1. The second-order valence-electron chi connectivity index (χ2n) is 7.63. The van der Waals surface area contributed by atoms with Crippen molar-refractivity contribution < 1.29 is 4.79 Å². The van der Waals surface area contributed by atoms with Gasteiger partial charge in [0.1, 0.15) is 12.1 Å². The fraction of sp³-hybridized carbons (Fsp3) is 0.429. The second-order valence-corrected chi connectivity index (χ2v) is 7.63. The van der Waals surface area contributed by atoms with Crippen LogP contribution in [0.4, 0.5) is 5.82 Å². The normalized spacial score (nSPS) is 14.8. The maximum Gasteiger partial charge on any atom is 0.222 e. The minimum Gasteiger partial charge on any atom is -0.352 e. The van der Waals surface area contributed by atoms with Crippen LogP contribution < -0.4 is 4.90 Å². The number of para-hydroxylation sites is 1. The van der Waals surface area contributed by atoms with Gasteiger partial charge in [0, 0.05) is 32.6 Å². The summed E-state index contributed by atoms with van der Waals surface area (Å²) >= 11 is 0. The van der Waals surface area contributed by atoms with Gasteiger partial charge in [-0.3, -0.25) is 4.79 Å². The molecule has 146 valence electrons. The first-order valence-corrected chi connectivity index (χ1v) is 9.90. The molecule has 1 aromatic carbocycles. The van der Waals surface area contributed by atoms with Crippen molar-refractivity contribution in [3.05, 3.63) is 42.9 Å². The molecular formula is C21H26N6O. The highest BCUT2D eigenvalue weighted by Gasteiger charge is 2.24. The van der Waals surface area contributed by atoms with Crippen molar-refractivity contribution >= 4 is 22.8 Å². The molecule has 3 aromatic rings. The van der Waals surface area contributed by atoms with E-state index in [0.717, 1.165) is 55.1 Å². The van der Waals surface area contributed by atoms with Crippen LogP contribution in [0.2, 0.25) is 0 Å². The molecule has 0 bridgehead atoms. The quantitative estimate of drug-likeness (QED) is 0.683. The van der Waals surface area contributed by atoms with Crippen LogP contribution >= 0.6 is 0 Å². The Kier molecular flexibility index (Phi) is 5.23. The topological polar surface area (TPSA) is 67.2 Å². The van der Waals surface area contributed by atoms with E-state index in [2.05, 4.69) is 33.8 Å². The van der Waals surface area contributed by atoms with Crippen molar-refractivity contribution in [3.63, 3.8) is 0 Å². The summed E-state index contributed by atoms with van der Waals surface area (Å²) in [6.45, 7) is 7.32. The molecule has 0 radical (unpaired) electrons. The van der Waals surface area contributed by atoms with E-state index in [1.165, 1.54) is 0 Å². The highest BCUT2D eigenvalue weighted by atomic mass is 16.2. The Hall–Kier alpha value is -2.96. The Morgan fingerprint density at radius 3 is 2.54 bits per heavy atom. The third-order valence-electron chi connectivity index (χ3n) is 5.21. The molecule has 0 spiro atoms. The van der Waals surface area contributed by atoms with Crippen molar-refractivity contribution in [2.24, 2.45) is 5.92 Å². The largest absolute Gasteiger partial charge is 0.352 e. The molecule has 1 aliphatic rings. The molecule has 7 nitrogen and oxygen atoms in total. The molecule has 28 heavy (non-hydrogen) atoms. The summed E-state index contributed by atoms with van der Waals surface area (Å²) in [5, 5.41) is 5.46. The van der Waals surface area contributed by atoms with Crippen LogP contribution in [-0.4, -0.2) is 56.7 Å². The van der Waals surface area contributed by atoms with Crippen LogP contribution in [0.1, 0.15) is 26.7 Å². The minimum absolute atomic E-state index is 0.262. The third-order valence-corrected chi connectivity index (χ3v) is 5.21. The fourth-order valence-electron chi connectivity index (χ4n) is 3.58. The summed E-state index contributed by atoms with van der Waals surface area (Å²) < 4.78 is 1.84. The molecular weight excluding hydrogens is 352 g/mol. The molecule has 3 heterocycles. The Balaban J connectivity index is 1.50. The number of amides is 1. The zero-order chi connectivity index (χ0) is 19.5. The first-order chi connectivity index (χ1) is 13.6. The fourth-order valence-corrected chi connectivity index (χ4v) is 3.58. The average Bonchev–Trinajstić information content (AvgIpc) is 3.17. The Bertz CT molecular complexity index is 944. The number of hydrogen-bond donors (Lipinski definition) is 0. The van der Waals surface area contributed by atoms with E-state index >= 15 is 0 Å². The maximum atomic E-state index is 12.4. The van der Waals surface area contributed by atoms with Gasteiger partial charge in [-0.15, -0.1) is 0 Å². The van der Waals surface area contributed by atoms with Crippen molar-refractivity contribution in [1.82, 2.24) is 24.6 Å². The molecule has 1 aliphatic heterocycles. The first kappa shape index (κ1) is 18.4. The van der Waals surface area contributed by atoms with E-state index in [9.17, 15) is 4.79 Å². The summed E-state index contributed by atoms with van der Waals surface area (Å²) in [5.74, 6) is 1.71. The van der Waals surface area contributed by atoms with Crippen molar-refractivity contribution in [3.8, 4) is 5.69 Å². The summed E-state index contributed by atoms with van der Waals surface area (Å²) in [6.07, 6.45) is 5.01. The standard InChI is InChI=1S/C21H26N6O/c1-16(2)8-9-19(28)25-10-12-26(13-11-25)20-18-14-24-27(21(18)23-15-22-20)17-6-4-3-5-7-17/h3-7,14-16H,8-13H2,1-2H3. The van der Waals surface area contributed by atoms with Crippen LogP contribution in [-0.2, 0) is 4.79 Å². The predicted octanol–water partition coefficient (Wildman–Crippen LogP) is 2.90. The van der Waals surface area contributed by atoms with Gasteiger partial charge >= 0.3 is 0 Å². The Morgan fingerprint density at radius 2 is 1.82 bits per heavy atom. The molecule has 0 atom stereocenters. The molecule has 1 amide bonds. The summed E-state index contributed by atoms with van der Waals surface area (Å²) in [4.78, 5) is 25.6. The van der Waals surface area contributed by atoms with Crippen LogP contribution in [0.5, 0.6) is 0 Å². The minimum atomic E-state index is 0.262. The lowest BCUT2D eigenvalue weighted by Gasteiger charge is -2.35. The molecule has 0 aliphatic carbocycles.